The Kier molecular flexibility index (Phi) is 5.60. The SMILES string of the molecule is COCCCNC(=O)CN1CCN(c2ccc3c(c2)OCCO3)C1=O. The summed E-state index contributed by atoms with van der Waals surface area (Å²) >= 11 is 0. The summed E-state index contributed by atoms with van der Waals surface area (Å²) in [5.74, 6) is 1.17. The topological polar surface area (TPSA) is 80.3 Å². The number of benzene rings is 1. The summed E-state index contributed by atoms with van der Waals surface area (Å²) in [4.78, 5) is 27.7. The third-order valence-electron chi connectivity index (χ3n) is 4.11. The van der Waals surface area contributed by atoms with Gasteiger partial charge in [0, 0.05) is 45.1 Å². The third-order valence-corrected chi connectivity index (χ3v) is 4.11. The van der Waals surface area contributed by atoms with Gasteiger partial charge in [-0.3, -0.25) is 9.69 Å². The molecule has 0 aliphatic carbocycles. The summed E-state index contributed by atoms with van der Waals surface area (Å²) in [6.45, 7) is 3.28. The van der Waals surface area contributed by atoms with Crippen LogP contribution in [0.3, 0.4) is 0 Å². The van der Waals surface area contributed by atoms with Gasteiger partial charge >= 0.3 is 6.03 Å². The van der Waals surface area contributed by atoms with E-state index >= 15 is 0 Å². The predicted molar refractivity (Wildman–Crippen MR) is 91.2 cm³/mol. The van der Waals surface area contributed by atoms with E-state index in [1.54, 1.807) is 23.0 Å². The number of fused-ring (bicyclic) bond motifs is 1. The van der Waals surface area contributed by atoms with Crippen molar-refractivity contribution in [2.75, 3.05) is 58.0 Å². The Labute approximate surface area is 146 Å². The largest absolute Gasteiger partial charge is 0.486 e. The van der Waals surface area contributed by atoms with Gasteiger partial charge in [-0.1, -0.05) is 0 Å². The van der Waals surface area contributed by atoms with Crippen molar-refractivity contribution in [1.82, 2.24) is 10.2 Å². The van der Waals surface area contributed by atoms with Crippen LogP contribution in [0.2, 0.25) is 0 Å². The standard InChI is InChI=1S/C17H23N3O5/c1-23-8-2-5-18-16(21)12-19-6-7-20(17(19)22)13-3-4-14-15(11-13)25-10-9-24-14/h3-4,11H,2,5-10,12H2,1H3,(H,18,21). The maximum absolute atomic E-state index is 12.6. The second kappa shape index (κ2) is 8.06. The van der Waals surface area contributed by atoms with Gasteiger partial charge in [0.1, 0.15) is 19.8 Å². The molecular formula is C17H23N3O5. The van der Waals surface area contributed by atoms with Crippen LogP contribution in [-0.2, 0) is 9.53 Å². The fourth-order valence-electron chi connectivity index (χ4n) is 2.84. The van der Waals surface area contributed by atoms with Crippen molar-refractivity contribution in [3.63, 3.8) is 0 Å². The Morgan fingerprint density at radius 2 is 2.04 bits per heavy atom. The molecule has 1 N–H and O–H groups in total. The maximum Gasteiger partial charge on any atom is 0.325 e. The molecule has 0 saturated carbocycles. The lowest BCUT2D eigenvalue weighted by molar-refractivity contribution is -0.121. The number of anilines is 1. The van der Waals surface area contributed by atoms with Gasteiger partial charge in [-0.2, -0.15) is 0 Å². The van der Waals surface area contributed by atoms with Crippen molar-refractivity contribution in [2.45, 2.75) is 6.42 Å². The monoisotopic (exact) mass is 349 g/mol. The number of nitrogens with zero attached hydrogens (tertiary/aromatic N) is 2. The highest BCUT2D eigenvalue weighted by molar-refractivity contribution is 5.96. The summed E-state index contributed by atoms with van der Waals surface area (Å²) in [6, 6.07) is 5.27. The average Bonchev–Trinajstić information content (AvgIpc) is 2.99. The second-order valence-corrected chi connectivity index (χ2v) is 5.88. The van der Waals surface area contributed by atoms with E-state index in [1.165, 1.54) is 0 Å². The number of methoxy groups -OCH3 is 1. The second-order valence-electron chi connectivity index (χ2n) is 5.88. The molecule has 0 aromatic heterocycles. The molecule has 1 saturated heterocycles. The molecule has 3 amide bonds. The molecule has 3 rings (SSSR count). The minimum Gasteiger partial charge on any atom is -0.486 e. The highest BCUT2D eigenvalue weighted by Gasteiger charge is 2.31. The number of amides is 3. The molecule has 2 aliphatic heterocycles. The summed E-state index contributed by atoms with van der Waals surface area (Å²) in [7, 11) is 1.62. The first kappa shape index (κ1) is 17.3. The van der Waals surface area contributed by atoms with Crippen molar-refractivity contribution in [3.8, 4) is 11.5 Å². The van der Waals surface area contributed by atoms with Crippen molar-refractivity contribution in [1.29, 1.82) is 0 Å². The van der Waals surface area contributed by atoms with Gasteiger partial charge < -0.3 is 24.4 Å². The number of rotatable bonds is 7. The molecule has 25 heavy (non-hydrogen) atoms. The fourth-order valence-corrected chi connectivity index (χ4v) is 2.84. The highest BCUT2D eigenvalue weighted by Crippen LogP contribution is 2.34. The average molecular weight is 349 g/mol. The van der Waals surface area contributed by atoms with Crippen molar-refractivity contribution < 1.29 is 23.8 Å². The van der Waals surface area contributed by atoms with Crippen LogP contribution in [0.25, 0.3) is 0 Å². The minimum atomic E-state index is -0.177. The van der Waals surface area contributed by atoms with Crippen LogP contribution in [0, 0.1) is 0 Å². The van der Waals surface area contributed by atoms with Gasteiger partial charge in [-0.15, -0.1) is 0 Å². The Balaban J connectivity index is 1.55. The fraction of sp³-hybridized carbons (Fsp3) is 0.529. The zero-order valence-corrected chi connectivity index (χ0v) is 14.3. The molecule has 2 aliphatic rings. The molecule has 8 nitrogen and oxygen atoms in total. The van der Waals surface area contributed by atoms with E-state index < -0.39 is 0 Å². The van der Waals surface area contributed by atoms with E-state index in [2.05, 4.69) is 5.32 Å². The highest BCUT2D eigenvalue weighted by atomic mass is 16.6. The van der Waals surface area contributed by atoms with E-state index in [4.69, 9.17) is 14.2 Å². The van der Waals surface area contributed by atoms with Gasteiger partial charge in [0.2, 0.25) is 5.91 Å². The predicted octanol–water partition coefficient (Wildman–Crippen LogP) is 0.852. The van der Waals surface area contributed by atoms with Gasteiger partial charge in [-0.25, -0.2) is 4.79 Å². The number of ether oxygens (including phenoxy) is 3. The lowest BCUT2D eigenvalue weighted by atomic mass is 10.2. The molecule has 8 heteroatoms. The Bertz CT molecular complexity index is 637. The third kappa shape index (κ3) is 4.14. The lowest BCUT2D eigenvalue weighted by Gasteiger charge is -2.22. The first-order valence-electron chi connectivity index (χ1n) is 8.41. The van der Waals surface area contributed by atoms with Gasteiger partial charge in [0.25, 0.3) is 0 Å². The van der Waals surface area contributed by atoms with Crippen LogP contribution in [0.5, 0.6) is 11.5 Å². The maximum atomic E-state index is 12.6. The van der Waals surface area contributed by atoms with Crippen LogP contribution >= 0.6 is 0 Å². The van der Waals surface area contributed by atoms with Crippen LogP contribution < -0.4 is 19.7 Å². The Morgan fingerprint density at radius 1 is 1.24 bits per heavy atom. The van der Waals surface area contributed by atoms with Gasteiger partial charge in [0.05, 0.1) is 0 Å². The first-order chi connectivity index (χ1) is 12.2. The molecule has 1 aromatic carbocycles. The number of hydrogen-bond donors (Lipinski definition) is 1. The summed E-state index contributed by atoms with van der Waals surface area (Å²) in [5.41, 5.74) is 0.747. The van der Waals surface area contributed by atoms with E-state index in [9.17, 15) is 9.59 Å². The molecule has 2 heterocycles. The van der Waals surface area contributed by atoms with Crippen molar-refractivity contribution in [2.24, 2.45) is 0 Å². The first-order valence-corrected chi connectivity index (χ1v) is 8.41. The summed E-state index contributed by atoms with van der Waals surface area (Å²) < 4.78 is 16.0. The molecule has 0 spiro atoms. The van der Waals surface area contributed by atoms with E-state index in [0.717, 1.165) is 12.1 Å². The zero-order chi connectivity index (χ0) is 17.6. The summed E-state index contributed by atoms with van der Waals surface area (Å²) in [6.07, 6.45) is 0.750. The number of carbonyl (C=O) groups is 2. The molecule has 1 fully saturated rings. The van der Waals surface area contributed by atoms with Crippen LogP contribution in [0.1, 0.15) is 6.42 Å². The van der Waals surface area contributed by atoms with Crippen LogP contribution in [-0.4, -0.2) is 69.9 Å². The number of carbonyl (C=O) groups excluding carboxylic acids is 2. The van der Waals surface area contributed by atoms with Gasteiger partial charge in [0.15, 0.2) is 11.5 Å². The molecular weight excluding hydrogens is 326 g/mol. The molecule has 0 bridgehead atoms. The lowest BCUT2D eigenvalue weighted by Crippen LogP contribution is -2.40. The van der Waals surface area contributed by atoms with E-state index in [-0.39, 0.29) is 18.5 Å². The van der Waals surface area contributed by atoms with Gasteiger partial charge in [-0.05, 0) is 18.6 Å². The van der Waals surface area contributed by atoms with E-state index in [0.29, 0.717) is 51.0 Å². The van der Waals surface area contributed by atoms with Crippen molar-refractivity contribution >= 4 is 17.6 Å². The normalized spacial score (nSPS) is 16.3. The quantitative estimate of drug-likeness (QED) is 0.739. The number of nitrogens with one attached hydrogen (secondary N) is 1. The van der Waals surface area contributed by atoms with E-state index in [1.807, 2.05) is 12.1 Å². The zero-order valence-electron chi connectivity index (χ0n) is 14.3. The number of urea groups is 1. The smallest absolute Gasteiger partial charge is 0.325 e. The summed E-state index contributed by atoms with van der Waals surface area (Å²) in [5, 5.41) is 2.79. The van der Waals surface area contributed by atoms with Crippen LogP contribution in [0.4, 0.5) is 10.5 Å². The molecule has 0 atom stereocenters. The Hall–Kier alpha value is -2.48. The molecule has 0 unspecified atom stereocenters. The molecule has 1 aromatic rings. The minimum absolute atomic E-state index is 0.0624. The van der Waals surface area contributed by atoms with Crippen molar-refractivity contribution in [3.05, 3.63) is 18.2 Å². The molecule has 0 radical (unpaired) electrons. The Morgan fingerprint density at radius 3 is 2.84 bits per heavy atom. The molecule has 136 valence electrons. The number of hydrogen-bond acceptors (Lipinski definition) is 5. The van der Waals surface area contributed by atoms with Crippen LogP contribution in [0.15, 0.2) is 18.2 Å².